The summed E-state index contributed by atoms with van der Waals surface area (Å²) in [6, 6.07) is 15.1. The molecule has 0 saturated carbocycles. The summed E-state index contributed by atoms with van der Waals surface area (Å²) >= 11 is 1.08. The fraction of sp³-hybridized carbons (Fsp3) is 0.240. The van der Waals surface area contributed by atoms with Crippen LogP contribution in [0.1, 0.15) is 51.9 Å². The van der Waals surface area contributed by atoms with E-state index in [1.54, 1.807) is 11.9 Å². The highest BCUT2D eigenvalue weighted by Crippen LogP contribution is 2.57. The fourth-order valence-corrected chi connectivity index (χ4v) is 6.15. The summed E-state index contributed by atoms with van der Waals surface area (Å²) in [7, 11) is 1.71. The van der Waals surface area contributed by atoms with Crippen LogP contribution in [0, 0.1) is 0 Å². The summed E-state index contributed by atoms with van der Waals surface area (Å²) < 4.78 is 0. The van der Waals surface area contributed by atoms with Crippen molar-refractivity contribution in [3.63, 3.8) is 0 Å². The number of aromatic carboxylic acids is 1. The Morgan fingerprint density at radius 1 is 1.16 bits per heavy atom. The molecule has 3 heterocycles. The van der Waals surface area contributed by atoms with Gasteiger partial charge in [-0.1, -0.05) is 56.3 Å². The van der Waals surface area contributed by atoms with Crippen molar-refractivity contribution in [3.05, 3.63) is 69.4 Å². The van der Waals surface area contributed by atoms with Crippen molar-refractivity contribution in [2.75, 3.05) is 17.3 Å². The van der Waals surface area contributed by atoms with Gasteiger partial charge in [0.05, 0.1) is 17.0 Å². The van der Waals surface area contributed by atoms with Gasteiger partial charge in [-0.3, -0.25) is 9.59 Å². The SMILES string of the molecule is CC(C)c1ccc2c(c1)[C@]1(CC(=O)Nc3c1sc(C(=O)O)c3-c1ccccc1)C(=O)N2C. The number of fused-ring (bicyclic) bond motifs is 4. The van der Waals surface area contributed by atoms with E-state index in [-0.39, 0.29) is 29.0 Å². The Bertz CT molecular complexity index is 1290. The van der Waals surface area contributed by atoms with E-state index in [0.717, 1.165) is 28.2 Å². The maximum Gasteiger partial charge on any atom is 0.346 e. The molecule has 1 atom stereocenters. The van der Waals surface area contributed by atoms with Gasteiger partial charge < -0.3 is 15.3 Å². The number of anilines is 2. The quantitative estimate of drug-likeness (QED) is 0.603. The number of thiophene rings is 1. The van der Waals surface area contributed by atoms with E-state index in [1.165, 1.54) is 0 Å². The van der Waals surface area contributed by atoms with Gasteiger partial charge in [-0.25, -0.2) is 4.79 Å². The molecule has 2 aliphatic rings. The van der Waals surface area contributed by atoms with E-state index >= 15 is 0 Å². The van der Waals surface area contributed by atoms with Gasteiger partial charge in [-0.2, -0.15) is 0 Å². The predicted octanol–water partition coefficient (Wildman–Crippen LogP) is 4.84. The lowest BCUT2D eigenvalue weighted by Crippen LogP contribution is -2.45. The maximum absolute atomic E-state index is 13.8. The van der Waals surface area contributed by atoms with Crippen molar-refractivity contribution >= 4 is 40.5 Å². The molecule has 0 bridgehead atoms. The maximum atomic E-state index is 13.8. The number of nitrogens with one attached hydrogen (secondary N) is 1. The third kappa shape index (κ3) is 2.67. The van der Waals surface area contributed by atoms with Gasteiger partial charge in [0.15, 0.2) is 0 Å². The van der Waals surface area contributed by atoms with Gasteiger partial charge in [-0.05, 0) is 28.7 Å². The largest absolute Gasteiger partial charge is 0.477 e. The second kappa shape index (κ2) is 7.03. The third-order valence-corrected chi connectivity index (χ3v) is 7.76. The standard InChI is InChI=1S/C25H22N2O4S/c1-13(2)15-9-10-17-16(11-15)25(24(31)27(17)3)12-18(28)26-20-19(14-7-5-4-6-8-14)21(23(29)30)32-22(20)25/h4-11,13H,12H2,1-3H3,(H,26,28)(H,29,30)/t25-/m0/s1. The van der Waals surface area contributed by atoms with Gasteiger partial charge in [0.1, 0.15) is 10.3 Å². The molecule has 5 rings (SSSR count). The van der Waals surface area contributed by atoms with Crippen molar-refractivity contribution in [1.82, 2.24) is 0 Å². The van der Waals surface area contributed by atoms with Crippen LogP contribution in [0.4, 0.5) is 11.4 Å². The van der Waals surface area contributed by atoms with E-state index < -0.39 is 11.4 Å². The van der Waals surface area contributed by atoms with Crippen molar-refractivity contribution in [3.8, 4) is 11.1 Å². The summed E-state index contributed by atoms with van der Waals surface area (Å²) in [5, 5.41) is 12.9. The Hall–Kier alpha value is -3.45. The van der Waals surface area contributed by atoms with Crippen LogP contribution >= 0.6 is 11.3 Å². The first-order chi connectivity index (χ1) is 15.3. The van der Waals surface area contributed by atoms with Crippen molar-refractivity contribution in [2.24, 2.45) is 0 Å². The summed E-state index contributed by atoms with van der Waals surface area (Å²) in [6.45, 7) is 4.16. The zero-order valence-corrected chi connectivity index (χ0v) is 18.7. The minimum Gasteiger partial charge on any atom is -0.477 e. The highest BCUT2D eigenvalue weighted by atomic mass is 32.1. The van der Waals surface area contributed by atoms with E-state index in [2.05, 4.69) is 19.2 Å². The normalized spacial score (nSPS) is 19.3. The zero-order valence-electron chi connectivity index (χ0n) is 17.9. The van der Waals surface area contributed by atoms with Crippen LogP contribution in [0.2, 0.25) is 0 Å². The second-order valence-corrected chi connectivity index (χ2v) is 9.63. The Kier molecular flexibility index (Phi) is 4.49. The van der Waals surface area contributed by atoms with Crippen LogP contribution in [0.3, 0.4) is 0 Å². The summed E-state index contributed by atoms with van der Waals surface area (Å²) in [4.78, 5) is 41.3. The molecule has 6 nitrogen and oxygen atoms in total. The number of carboxylic acids is 1. The molecule has 7 heteroatoms. The number of benzene rings is 2. The number of nitrogens with zero attached hydrogens (tertiary/aromatic N) is 1. The van der Waals surface area contributed by atoms with Crippen LogP contribution in [0.15, 0.2) is 48.5 Å². The van der Waals surface area contributed by atoms with E-state index in [9.17, 15) is 19.5 Å². The summed E-state index contributed by atoms with van der Waals surface area (Å²) in [5.41, 5.74) is 2.94. The topological polar surface area (TPSA) is 86.7 Å². The third-order valence-electron chi connectivity index (χ3n) is 6.42. The lowest BCUT2D eigenvalue weighted by atomic mass is 9.73. The van der Waals surface area contributed by atoms with Crippen molar-refractivity contribution < 1.29 is 19.5 Å². The fourth-order valence-electron chi connectivity index (χ4n) is 4.83. The predicted molar refractivity (Wildman–Crippen MR) is 125 cm³/mol. The van der Waals surface area contributed by atoms with Gasteiger partial charge in [0.25, 0.3) is 0 Å². The molecule has 0 aliphatic carbocycles. The number of hydrogen-bond donors (Lipinski definition) is 2. The minimum absolute atomic E-state index is 0.0501. The first-order valence-corrected chi connectivity index (χ1v) is 11.3. The Morgan fingerprint density at radius 3 is 2.53 bits per heavy atom. The van der Waals surface area contributed by atoms with Crippen LogP contribution < -0.4 is 10.2 Å². The monoisotopic (exact) mass is 446 g/mol. The zero-order chi connectivity index (χ0) is 22.8. The minimum atomic E-state index is -1.23. The molecule has 0 saturated heterocycles. The van der Waals surface area contributed by atoms with Gasteiger partial charge >= 0.3 is 5.97 Å². The van der Waals surface area contributed by atoms with Crippen molar-refractivity contribution in [1.29, 1.82) is 0 Å². The lowest BCUT2D eigenvalue weighted by molar-refractivity contribution is -0.126. The van der Waals surface area contributed by atoms with Crippen LogP contribution in [-0.2, 0) is 15.0 Å². The van der Waals surface area contributed by atoms with Crippen LogP contribution in [0.25, 0.3) is 11.1 Å². The van der Waals surface area contributed by atoms with E-state index in [1.807, 2.05) is 48.5 Å². The molecule has 0 fully saturated rings. The molecule has 1 aromatic heterocycles. The molecule has 2 aromatic carbocycles. The number of likely N-dealkylation sites (N-methyl/N-ethyl adjacent to an activating group) is 1. The highest BCUT2D eigenvalue weighted by molar-refractivity contribution is 7.15. The van der Waals surface area contributed by atoms with Crippen LogP contribution in [0.5, 0.6) is 0 Å². The van der Waals surface area contributed by atoms with E-state index in [0.29, 0.717) is 21.7 Å². The Labute approximate surface area is 189 Å². The molecule has 32 heavy (non-hydrogen) atoms. The molecule has 0 radical (unpaired) electrons. The number of amides is 2. The van der Waals surface area contributed by atoms with Gasteiger partial charge in [0.2, 0.25) is 11.8 Å². The highest BCUT2D eigenvalue weighted by Gasteiger charge is 2.57. The molecular formula is C25H22N2O4S. The summed E-state index contributed by atoms with van der Waals surface area (Å²) in [5.74, 6) is -1.34. The lowest BCUT2D eigenvalue weighted by Gasteiger charge is -2.32. The Morgan fingerprint density at radius 2 is 1.88 bits per heavy atom. The molecule has 1 spiro atoms. The van der Waals surface area contributed by atoms with Crippen LogP contribution in [-0.4, -0.2) is 29.9 Å². The van der Waals surface area contributed by atoms with Gasteiger partial charge in [0, 0.05) is 18.3 Å². The molecule has 3 aromatic rings. The number of carboxylic acid groups (broad SMARTS) is 1. The molecular weight excluding hydrogens is 424 g/mol. The average molecular weight is 447 g/mol. The Balaban J connectivity index is 1.86. The molecule has 162 valence electrons. The number of carbonyl (C=O) groups is 3. The van der Waals surface area contributed by atoms with Crippen molar-refractivity contribution in [2.45, 2.75) is 31.6 Å². The first-order valence-electron chi connectivity index (χ1n) is 10.4. The number of rotatable bonds is 3. The number of carbonyl (C=O) groups excluding carboxylic acids is 2. The molecule has 2 N–H and O–H groups in total. The summed E-state index contributed by atoms with van der Waals surface area (Å²) in [6.07, 6.45) is -0.0501. The number of hydrogen-bond acceptors (Lipinski definition) is 4. The molecule has 2 aliphatic heterocycles. The molecule has 0 unspecified atom stereocenters. The van der Waals surface area contributed by atoms with Gasteiger partial charge in [-0.15, -0.1) is 11.3 Å². The smallest absolute Gasteiger partial charge is 0.346 e. The van der Waals surface area contributed by atoms with E-state index in [4.69, 9.17) is 0 Å². The molecule has 2 amide bonds. The second-order valence-electron chi connectivity index (χ2n) is 8.61. The average Bonchev–Trinajstić information content (AvgIpc) is 3.25. The first kappa shape index (κ1) is 20.5.